The van der Waals surface area contributed by atoms with Crippen LogP contribution in [0.5, 0.6) is 11.5 Å². The van der Waals surface area contributed by atoms with E-state index in [1.807, 2.05) is 12.1 Å². The van der Waals surface area contributed by atoms with Crippen molar-refractivity contribution in [1.29, 1.82) is 0 Å². The van der Waals surface area contributed by atoms with E-state index in [0.717, 1.165) is 11.5 Å². The molecule has 0 radical (unpaired) electrons. The molecule has 0 aliphatic rings. The van der Waals surface area contributed by atoms with Crippen molar-refractivity contribution in [3.8, 4) is 11.5 Å². The SMILES string of the molecule is O=S(=O)(O)c1cc(O)c(N=Nc2c(O)ccc3ccccc23)c2ccccc12.[H-].[Na+]. The second-order valence-corrected chi connectivity index (χ2v) is 7.51. The van der Waals surface area contributed by atoms with E-state index in [0.29, 0.717) is 10.8 Å². The Morgan fingerprint density at radius 2 is 1.28 bits per heavy atom. The predicted molar refractivity (Wildman–Crippen MR) is 106 cm³/mol. The maximum absolute atomic E-state index is 11.6. The van der Waals surface area contributed by atoms with Gasteiger partial charge in [-0.05, 0) is 11.5 Å². The number of phenolic OH excluding ortho intramolecular Hbond substituents is 2. The Hall–Kier alpha value is -2.49. The third-order valence-corrected chi connectivity index (χ3v) is 5.26. The van der Waals surface area contributed by atoms with Crippen LogP contribution in [0.25, 0.3) is 21.5 Å². The molecule has 0 heterocycles. The molecular formula is C20H15N2NaO5S. The molecule has 0 aromatic heterocycles. The number of benzene rings is 4. The summed E-state index contributed by atoms with van der Waals surface area (Å²) in [5.41, 5.74) is 0.246. The van der Waals surface area contributed by atoms with Crippen LogP contribution < -0.4 is 29.6 Å². The average molecular weight is 418 g/mol. The van der Waals surface area contributed by atoms with E-state index in [1.54, 1.807) is 36.4 Å². The van der Waals surface area contributed by atoms with Crippen LogP contribution in [0, 0.1) is 0 Å². The molecule has 4 aromatic carbocycles. The molecule has 7 nitrogen and oxygen atoms in total. The van der Waals surface area contributed by atoms with E-state index in [1.165, 1.54) is 12.1 Å². The summed E-state index contributed by atoms with van der Waals surface area (Å²) >= 11 is 0. The van der Waals surface area contributed by atoms with Crippen LogP contribution in [0.2, 0.25) is 0 Å². The van der Waals surface area contributed by atoms with Gasteiger partial charge in [0, 0.05) is 22.2 Å². The molecule has 0 unspecified atom stereocenters. The standard InChI is InChI=1S/C20H14N2O5S.Na.H/c23-16-10-9-12-5-1-2-6-13(12)19(16)21-22-20-15-8-4-3-7-14(15)18(11-17(20)24)28(25,26)27;;/h1-11,23-24H,(H,25,26,27);;/q;+1;-1. The molecule has 0 saturated carbocycles. The Balaban J connectivity index is 0.00000160. The van der Waals surface area contributed by atoms with Gasteiger partial charge >= 0.3 is 29.6 Å². The Kier molecular flexibility index (Phi) is 5.92. The molecule has 0 amide bonds. The summed E-state index contributed by atoms with van der Waals surface area (Å²) in [4.78, 5) is -0.424. The Labute approximate surface area is 189 Å². The van der Waals surface area contributed by atoms with Gasteiger partial charge in [-0.15, -0.1) is 10.2 Å². The van der Waals surface area contributed by atoms with Gasteiger partial charge in [0.15, 0.2) is 0 Å². The van der Waals surface area contributed by atoms with Gasteiger partial charge in [0.1, 0.15) is 27.8 Å². The topological polar surface area (TPSA) is 120 Å². The van der Waals surface area contributed by atoms with Crippen molar-refractivity contribution in [2.24, 2.45) is 10.2 Å². The summed E-state index contributed by atoms with van der Waals surface area (Å²) in [7, 11) is -4.54. The Bertz CT molecular complexity index is 1380. The molecule has 9 heteroatoms. The third kappa shape index (κ3) is 3.98. The number of nitrogens with zero attached hydrogens (tertiary/aromatic N) is 2. The number of hydrogen-bond donors (Lipinski definition) is 3. The molecule has 142 valence electrons. The number of fused-ring (bicyclic) bond motifs is 2. The van der Waals surface area contributed by atoms with Gasteiger partial charge in [-0.1, -0.05) is 54.6 Å². The zero-order valence-electron chi connectivity index (χ0n) is 16.3. The molecule has 3 N–H and O–H groups in total. The van der Waals surface area contributed by atoms with Gasteiger partial charge in [-0.2, -0.15) is 8.42 Å². The fourth-order valence-electron chi connectivity index (χ4n) is 3.08. The number of azo groups is 1. The van der Waals surface area contributed by atoms with Crippen molar-refractivity contribution in [2.45, 2.75) is 4.90 Å². The van der Waals surface area contributed by atoms with Gasteiger partial charge in [0.05, 0.1) is 0 Å². The average Bonchev–Trinajstić information content (AvgIpc) is 2.67. The largest absolute Gasteiger partial charge is 1.00 e. The van der Waals surface area contributed by atoms with E-state index in [9.17, 15) is 23.2 Å². The van der Waals surface area contributed by atoms with Gasteiger partial charge in [-0.3, -0.25) is 4.55 Å². The van der Waals surface area contributed by atoms with E-state index < -0.39 is 20.8 Å². The molecule has 0 saturated heterocycles. The first-order chi connectivity index (χ1) is 13.4. The maximum atomic E-state index is 11.6. The number of aromatic hydroxyl groups is 2. The predicted octanol–water partition coefficient (Wildman–Crippen LogP) is 2.18. The van der Waals surface area contributed by atoms with Crippen molar-refractivity contribution >= 4 is 43.0 Å². The van der Waals surface area contributed by atoms with Gasteiger partial charge in [0.25, 0.3) is 10.1 Å². The Morgan fingerprint density at radius 1 is 0.724 bits per heavy atom. The third-order valence-electron chi connectivity index (χ3n) is 4.37. The van der Waals surface area contributed by atoms with Crippen LogP contribution in [-0.4, -0.2) is 23.2 Å². The molecule has 4 rings (SSSR count). The molecule has 0 spiro atoms. The summed E-state index contributed by atoms with van der Waals surface area (Å²) in [6.07, 6.45) is 0. The van der Waals surface area contributed by atoms with Crippen molar-refractivity contribution in [3.63, 3.8) is 0 Å². The van der Waals surface area contributed by atoms with Crippen LogP contribution in [-0.2, 0) is 10.1 Å². The molecule has 0 bridgehead atoms. The van der Waals surface area contributed by atoms with Crippen LogP contribution >= 0.6 is 0 Å². The van der Waals surface area contributed by atoms with Crippen LogP contribution in [0.15, 0.2) is 81.9 Å². The summed E-state index contributed by atoms with van der Waals surface area (Å²) in [5, 5.41) is 30.7. The van der Waals surface area contributed by atoms with Gasteiger partial charge in [0.2, 0.25) is 0 Å². The number of rotatable bonds is 3. The van der Waals surface area contributed by atoms with Crippen LogP contribution in [0.3, 0.4) is 0 Å². The Morgan fingerprint density at radius 3 is 1.93 bits per heavy atom. The summed E-state index contributed by atoms with van der Waals surface area (Å²) in [6.45, 7) is 0. The molecule has 0 aliphatic carbocycles. The normalized spacial score (nSPS) is 11.8. The molecule has 0 fully saturated rings. The first-order valence-corrected chi connectivity index (χ1v) is 9.65. The quantitative estimate of drug-likeness (QED) is 0.268. The fraction of sp³-hybridized carbons (Fsp3) is 0. The molecular weight excluding hydrogens is 403 g/mol. The van der Waals surface area contributed by atoms with E-state index >= 15 is 0 Å². The van der Waals surface area contributed by atoms with E-state index in [2.05, 4.69) is 10.2 Å². The van der Waals surface area contributed by atoms with Crippen molar-refractivity contribution in [3.05, 3.63) is 66.7 Å². The second-order valence-electron chi connectivity index (χ2n) is 6.12. The first kappa shape index (κ1) is 21.2. The minimum absolute atomic E-state index is 0. The molecule has 4 aromatic rings. The molecule has 29 heavy (non-hydrogen) atoms. The van der Waals surface area contributed by atoms with Gasteiger partial charge < -0.3 is 11.6 Å². The van der Waals surface area contributed by atoms with Crippen LogP contribution in [0.4, 0.5) is 11.4 Å². The first-order valence-electron chi connectivity index (χ1n) is 8.21. The zero-order valence-corrected chi connectivity index (χ0v) is 18.1. The summed E-state index contributed by atoms with van der Waals surface area (Å²) < 4.78 is 32.7. The van der Waals surface area contributed by atoms with Gasteiger partial charge in [-0.25, -0.2) is 0 Å². The summed E-state index contributed by atoms with van der Waals surface area (Å²) in [5.74, 6) is -0.546. The number of hydrogen-bond acceptors (Lipinski definition) is 6. The van der Waals surface area contributed by atoms with Crippen molar-refractivity contribution in [2.75, 3.05) is 0 Å². The van der Waals surface area contributed by atoms with Crippen molar-refractivity contribution in [1.82, 2.24) is 0 Å². The number of phenols is 2. The fourth-order valence-corrected chi connectivity index (χ4v) is 3.80. The summed E-state index contributed by atoms with van der Waals surface area (Å²) in [6, 6.07) is 17.8. The smallest absolute Gasteiger partial charge is 1.00 e. The minimum atomic E-state index is -4.54. The monoisotopic (exact) mass is 418 g/mol. The van der Waals surface area contributed by atoms with E-state index in [4.69, 9.17) is 0 Å². The maximum Gasteiger partial charge on any atom is 1.00 e. The zero-order chi connectivity index (χ0) is 19.9. The van der Waals surface area contributed by atoms with Crippen LogP contribution in [0.1, 0.15) is 1.43 Å². The van der Waals surface area contributed by atoms with E-state index in [-0.39, 0.29) is 53.5 Å². The second kappa shape index (κ2) is 8.10. The molecule has 0 aliphatic heterocycles. The van der Waals surface area contributed by atoms with Crippen molar-refractivity contribution < 1.29 is 54.2 Å². The molecule has 0 atom stereocenters. The minimum Gasteiger partial charge on any atom is -1.00 e.